The molecule has 0 aliphatic carbocycles. The van der Waals surface area contributed by atoms with E-state index in [0.29, 0.717) is 0 Å². The monoisotopic (exact) mass is 364 g/mol. The molecule has 6 N–H and O–H groups in total. The van der Waals surface area contributed by atoms with E-state index in [1.165, 1.54) is 0 Å². The molecule has 0 unspecified atom stereocenters. The molecular formula is H6Fe3O8P2. The molecule has 0 aliphatic heterocycles. The minimum Gasteiger partial charge on any atom is -0.303 e. The summed E-state index contributed by atoms with van der Waals surface area (Å²) in [6, 6.07) is 0. The molecule has 0 spiro atoms. The van der Waals surface area contributed by atoms with Crippen LogP contribution in [0.15, 0.2) is 0 Å². The number of rotatable bonds is 0. The van der Waals surface area contributed by atoms with E-state index in [1.807, 2.05) is 0 Å². The zero-order valence-corrected chi connectivity index (χ0v) is 10.6. The van der Waals surface area contributed by atoms with E-state index < -0.39 is 15.6 Å². The molecule has 0 atom stereocenters. The van der Waals surface area contributed by atoms with Crippen LogP contribution in [0, 0.1) is 0 Å². The quantitative estimate of drug-likeness (QED) is 0.216. The van der Waals surface area contributed by atoms with Gasteiger partial charge in [-0.05, 0) is 0 Å². The first-order chi connectivity index (χ1) is 4.00. The Balaban J connectivity index is -0.0000000267. The summed E-state index contributed by atoms with van der Waals surface area (Å²) in [6.45, 7) is 0. The summed E-state index contributed by atoms with van der Waals surface area (Å²) in [4.78, 5) is 43.1. The van der Waals surface area contributed by atoms with E-state index in [9.17, 15) is 0 Å². The SMILES string of the molecule is O=P(O)(O)O.O=P(O)(O)O.[Fe].[Fe].[Fe]. The third-order valence-electron chi connectivity index (χ3n) is 0. The van der Waals surface area contributed by atoms with E-state index in [-0.39, 0.29) is 51.2 Å². The Morgan fingerprint density at radius 1 is 0.538 bits per heavy atom. The van der Waals surface area contributed by atoms with E-state index in [1.54, 1.807) is 0 Å². The number of hydrogen-bond acceptors (Lipinski definition) is 2. The van der Waals surface area contributed by atoms with Gasteiger partial charge in [-0.3, -0.25) is 0 Å². The van der Waals surface area contributed by atoms with Crippen molar-refractivity contribution in [3.8, 4) is 0 Å². The van der Waals surface area contributed by atoms with Crippen molar-refractivity contribution < 1.29 is 89.7 Å². The molecule has 0 amide bonds. The van der Waals surface area contributed by atoms with Gasteiger partial charge in [0.05, 0.1) is 0 Å². The Kier molecular flexibility index (Phi) is 26.7. The molecule has 0 rings (SSSR count). The van der Waals surface area contributed by atoms with Crippen LogP contribution < -0.4 is 0 Å². The summed E-state index contributed by atoms with van der Waals surface area (Å²) in [5.74, 6) is 0. The van der Waals surface area contributed by atoms with Crippen molar-refractivity contribution in [3.05, 3.63) is 0 Å². The number of hydrogen-bond donors (Lipinski definition) is 6. The van der Waals surface area contributed by atoms with Crippen LogP contribution in [0.2, 0.25) is 0 Å². The molecule has 0 radical (unpaired) electrons. The summed E-state index contributed by atoms with van der Waals surface area (Å²) in [6.07, 6.45) is 0. The molecule has 0 heterocycles. The average molecular weight is 364 g/mol. The maximum absolute atomic E-state index is 8.88. The van der Waals surface area contributed by atoms with Gasteiger partial charge >= 0.3 is 15.6 Å². The van der Waals surface area contributed by atoms with Gasteiger partial charge in [-0.15, -0.1) is 0 Å². The summed E-state index contributed by atoms with van der Waals surface area (Å²) >= 11 is 0. The van der Waals surface area contributed by atoms with E-state index in [4.69, 9.17) is 38.5 Å². The van der Waals surface area contributed by atoms with Gasteiger partial charge in [0, 0.05) is 51.2 Å². The molecule has 0 aromatic carbocycles. The summed E-state index contributed by atoms with van der Waals surface area (Å²) in [7, 11) is -9.28. The molecule has 0 saturated carbocycles. The predicted octanol–water partition coefficient (Wildman–Crippen LogP) is -1.86. The van der Waals surface area contributed by atoms with Crippen molar-refractivity contribution in [2.45, 2.75) is 0 Å². The van der Waals surface area contributed by atoms with Gasteiger partial charge < -0.3 is 29.4 Å². The largest absolute Gasteiger partial charge is 0.466 e. The zero-order valence-electron chi connectivity index (χ0n) is 5.45. The van der Waals surface area contributed by atoms with Gasteiger partial charge in [0.1, 0.15) is 0 Å². The third kappa shape index (κ3) is 604. The minimum atomic E-state index is -4.64. The second-order valence-corrected chi connectivity index (χ2v) is 3.08. The van der Waals surface area contributed by atoms with Crippen molar-refractivity contribution in [1.29, 1.82) is 0 Å². The molecule has 0 aromatic heterocycles. The van der Waals surface area contributed by atoms with Crippen LogP contribution in [0.4, 0.5) is 0 Å². The normalized spacial score (nSPS) is 9.08. The number of phosphoric acid groups is 2. The maximum Gasteiger partial charge on any atom is 0.466 e. The molecule has 13 heavy (non-hydrogen) atoms. The van der Waals surface area contributed by atoms with Crippen LogP contribution in [0.1, 0.15) is 0 Å². The van der Waals surface area contributed by atoms with Crippen molar-refractivity contribution in [2.24, 2.45) is 0 Å². The first-order valence-corrected chi connectivity index (χ1v) is 4.70. The van der Waals surface area contributed by atoms with Crippen LogP contribution in [-0.4, -0.2) is 29.4 Å². The average Bonchev–Trinajstić information content (AvgIpc) is 1.12. The molecular weight excluding hydrogens is 357 g/mol. The van der Waals surface area contributed by atoms with Crippen LogP contribution >= 0.6 is 15.6 Å². The maximum atomic E-state index is 8.88. The van der Waals surface area contributed by atoms with E-state index in [2.05, 4.69) is 0 Å². The van der Waals surface area contributed by atoms with Crippen LogP contribution in [0.3, 0.4) is 0 Å². The fraction of sp³-hybridized carbons (Fsp3) is 0. The fourth-order valence-corrected chi connectivity index (χ4v) is 0. The first-order valence-electron chi connectivity index (χ1n) is 1.57. The second kappa shape index (κ2) is 11.9. The molecule has 13 heteroatoms. The van der Waals surface area contributed by atoms with E-state index in [0.717, 1.165) is 0 Å². The van der Waals surface area contributed by atoms with Gasteiger partial charge in [-0.2, -0.15) is 0 Å². The summed E-state index contributed by atoms with van der Waals surface area (Å²) in [5.41, 5.74) is 0. The van der Waals surface area contributed by atoms with Gasteiger partial charge in [0.2, 0.25) is 0 Å². The Labute approximate surface area is 105 Å². The molecule has 0 aromatic rings. The standard InChI is InChI=1S/3Fe.2H3O4P/c;;;2*1-5(2,3)4/h;;;2*(H3,1,2,3,4). The Hall–Kier alpha value is 1.78. The van der Waals surface area contributed by atoms with Gasteiger partial charge in [0.25, 0.3) is 0 Å². The molecule has 0 aliphatic rings. The molecule has 0 bridgehead atoms. The molecule has 0 saturated heterocycles. The molecule has 88 valence electrons. The van der Waals surface area contributed by atoms with Crippen LogP contribution in [0.25, 0.3) is 0 Å². The Morgan fingerprint density at radius 3 is 0.538 bits per heavy atom. The topological polar surface area (TPSA) is 156 Å². The summed E-state index contributed by atoms with van der Waals surface area (Å²) in [5, 5.41) is 0. The van der Waals surface area contributed by atoms with Gasteiger partial charge in [-0.1, -0.05) is 0 Å². The predicted molar refractivity (Wildman–Crippen MR) is 28.5 cm³/mol. The van der Waals surface area contributed by atoms with Crippen LogP contribution in [0.5, 0.6) is 0 Å². The Bertz CT molecular complexity index is 130. The smallest absolute Gasteiger partial charge is 0.303 e. The molecule has 8 nitrogen and oxygen atoms in total. The van der Waals surface area contributed by atoms with Crippen LogP contribution in [-0.2, 0) is 60.3 Å². The third-order valence-corrected chi connectivity index (χ3v) is 0. The zero-order chi connectivity index (χ0) is 9.00. The Morgan fingerprint density at radius 2 is 0.538 bits per heavy atom. The minimum absolute atomic E-state index is 0. The van der Waals surface area contributed by atoms with Crippen molar-refractivity contribution in [1.82, 2.24) is 0 Å². The van der Waals surface area contributed by atoms with Gasteiger partial charge in [-0.25, -0.2) is 9.13 Å². The first kappa shape index (κ1) is 29.3. The fourth-order valence-electron chi connectivity index (χ4n) is 0. The van der Waals surface area contributed by atoms with Crippen molar-refractivity contribution in [3.63, 3.8) is 0 Å². The van der Waals surface area contributed by atoms with Crippen molar-refractivity contribution >= 4 is 15.6 Å². The van der Waals surface area contributed by atoms with Gasteiger partial charge in [0.15, 0.2) is 0 Å². The van der Waals surface area contributed by atoms with Crippen molar-refractivity contribution in [2.75, 3.05) is 0 Å². The molecule has 0 fully saturated rings. The summed E-state index contributed by atoms with van der Waals surface area (Å²) < 4.78 is 17.8. The van der Waals surface area contributed by atoms with E-state index >= 15 is 0 Å². The second-order valence-electron chi connectivity index (χ2n) is 1.03.